The highest BCUT2D eigenvalue weighted by molar-refractivity contribution is 5.98. The number of carboxylic acid groups (broad SMARTS) is 1. The van der Waals surface area contributed by atoms with Gasteiger partial charge in [0.2, 0.25) is 0 Å². The molecule has 1 unspecified atom stereocenters. The number of pyridine rings is 2. The summed E-state index contributed by atoms with van der Waals surface area (Å²) >= 11 is 0. The highest BCUT2D eigenvalue weighted by Crippen LogP contribution is 2.34. The molecule has 1 aliphatic heterocycles. The predicted octanol–water partition coefficient (Wildman–Crippen LogP) is 4.21. The monoisotopic (exact) mass is 558 g/mol. The second kappa shape index (κ2) is 12.7. The minimum Gasteiger partial charge on any atom is -0.480 e. The number of hydrogen-bond acceptors (Lipinski definition) is 6. The molecule has 216 valence electrons. The Hall–Kier alpha value is -3.98. The molecule has 0 saturated heterocycles. The van der Waals surface area contributed by atoms with Crippen LogP contribution in [0.2, 0.25) is 0 Å². The molecule has 3 heterocycles. The average Bonchev–Trinajstić information content (AvgIpc) is 2.93. The van der Waals surface area contributed by atoms with Crippen LogP contribution >= 0.6 is 0 Å². The van der Waals surface area contributed by atoms with Crippen LogP contribution in [-0.4, -0.2) is 51.8 Å². The second-order valence-electron chi connectivity index (χ2n) is 11.2. The van der Waals surface area contributed by atoms with Crippen LogP contribution in [0, 0.1) is 19.8 Å². The van der Waals surface area contributed by atoms with Gasteiger partial charge >= 0.3 is 5.97 Å². The number of aliphatic carboxylic acids is 1. The molecule has 1 saturated carbocycles. The lowest BCUT2D eigenvalue weighted by Crippen LogP contribution is -2.43. The van der Waals surface area contributed by atoms with Crippen LogP contribution < -0.4 is 16.2 Å². The van der Waals surface area contributed by atoms with Gasteiger partial charge < -0.3 is 20.5 Å². The number of anilines is 1. The van der Waals surface area contributed by atoms with E-state index in [4.69, 9.17) is 9.72 Å². The summed E-state index contributed by atoms with van der Waals surface area (Å²) in [5.74, 6) is -0.0299. The minimum atomic E-state index is -1.12. The van der Waals surface area contributed by atoms with Crippen LogP contribution in [0.4, 0.5) is 5.82 Å². The van der Waals surface area contributed by atoms with E-state index < -0.39 is 17.9 Å². The van der Waals surface area contributed by atoms with Gasteiger partial charge in [0.1, 0.15) is 11.9 Å². The van der Waals surface area contributed by atoms with E-state index >= 15 is 0 Å². The fraction of sp³-hybridized carbons (Fsp3) is 0.438. The Kier molecular flexibility index (Phi) is 8.83. The van der Waals surface area contributed by atoms with E-state index in [2.05, 4.69) is 22.8 Å². The van der Waals surface area contributed by atoms with Crippen molar-refractivity contribution in [2.75, 3.05) is 18.5 Å². The summed E-state index contributed by atoms with van der Waals surface area (Å²) in [6.45, 7) is 4.61. The van der Waals surface area contributed by atoms with Crippen LogP contribution in [0.15, 0.2) is 53.3 Å². The van der Waals surface area contributed by atoms with Crippen molar-refractivity contribution in [1.82, 2.24) is 14.9 Å². The minimum absolute atomic E-state index is 0.113. The number of amides is 1. The fourth-order valence-corrected chi connectivity index (χ4v) is 5.87. The summed E-state index contributed by atoms with van der Waals surface area (Å²) in [5, 5.41) is 15.8. The van der Waals surface area contributed by atoms with E-state index in [1.54, 1.807) is 26.0 Å². The van der Waals surface area contributed by atoms with E-state index in [9.17, 15) is 19.5 Å². The van der Waals surface area contributed by atoms with Crippen molar-refractivity contribution in [3.05, 3.63) is 87.0 Å². The van der Waals surface area contributed by atoms with Crippen molar-refractivity contribution in [3.8, 4) is 5.69 Å². The van der Waals surface area contributed by atoms with Gasteiger partial charge in [-0.3, -0.25) is 14.2 Å². The van der Waals surface area contributed by atoms with E-state index in [1.807, 2.05) is 18.2 Å². The number of para-hydroxylation sites is 1. The van der Waals surface area contributed by atoms with E-state index in [-0.39, 0.29) is 24.7 Å². The second-order valence-corrected chi connectivity index (χ2v) is 11.2. The molecule has 3 aromatic rings. The molecule has 1 aromatic carbocycles. The van der Waals surface area contributed by atoms with Crippen molar-refractivity contribution in [2.24, 2.45) is 5.92 Å². The predicted molar refractivity (Wildman–Crippen MR) is 157 cm³/mol. The highest BCUT2D eigenvalue weighted by Gasteiger charge is 2.30. The molecule has 1 aliphatic carbocycles. The zero-order chi connectivity index (χ0) is 28.9. The number of aromatic nitrogens is 2. The van der Waals surface area contributed by atoms with Gasteiger partial charge in [-0.15, -0.1) is 0 Å². The standard InChI is InChI=1S/C32H38N4O5/c1-20-17-28(37)36(25-8-4-3-5-9-25)21(2)29(20)31(38)35-27(32(39)40)14-16-41-26-18-22(19-26)10-12-24-13-11-23-7-6-15-33-30(23)34-24/h3-5,8-9,11,13,17,22,26-27H,6-7,10,12,14-16,18-19H2,1-2H3,(H,33,34)(H,35,38)(H,39,40). The molecule has 5 rings (SSSR count). The van der Waals surface area contributed by atoms with Crippen molar-refractivity contribution in [3.63, 3.8) is 0 Å². The molecule has 2 aliphatic rings. The zero-order valence-corrected chi connectivity index (χ0v) is 23.7. The van der Waals surface area contributed by atoms with Gasteiger partial charge in [-0.05, 0) is 87.6 Å². The molecule has 0 bridgehead atoms. The number of benzene rings is 1. The number of ether oxygens (including phenoxy) is 1. The quantitative estimate of drug-likeness (QED) is 0.322. The van der Waals surface area contributed by atoms with Gasteiger partial charge in [0.15, 0.2) is 0 Å². The number of rotatable bonds is 11. The molecule has 1 amide bonds. The maximum absolute atomic E-state index is 13.2. The maximum atomic E-state index is 13.2. The lowest BCUT2D eigenvalue weighted by molar-refractivity contribution is -0.140. The molecule has 1 fully saturated rings. The van der Waals surface area contributed by atoms with Gasteiger partial charge in [0.05, 0.1) is 11.7 Å². The number of nitrogens with one attached hydrogen (secondary N) is 2. The summed E-state index contributed by atoms with van der Waals surface area (Å²) in [4.78, 5) is 42.7. The number of carbonyl (C=O) groups excluding carboxylic acids is 1. The molecule has 0 spiro atoms. The topological polar surface area (TPSA) is 123 Å². The summed E-state index contributed by atoms with van der Waals surface area (Å²) in [6, 6.07) is 13.7. The Morgan fingerprint density at radius 1 is 1.17 bits per heavy atom. The molecule has 1 atom stereocenters. The number of hydrogen-bond donors (Lipinski definition) is 3. The first-order valence-corrected chi connectivity index (χ1v) is 14.5. The molecule has 41 heavy (non-hydrogen) atoms. The molecule has 0 radical (unpaired) electrons. The molecule has 9 heteroatoms. The number of fused-ring (bicyclic) bond motifs is 1. The first kappa shape index (κ1) is 28.5. The van der Waals surface area contributed by atoms with Crippen molar-refractivity contribution < 1.29 is 19.4 Å². The first-order valence-electron chi connectivity index (χ1n) is 14.5. The van der Waals surface area contributed by atoms with Crippen LogP contribution in [0.5, 0.6) is 0 Å². The molecular weight excluding hydrogens is 520 g/mol. The Morgan fingerprint density at radius 3 is 2.71 bits per heavy atom. The summed E-state index contributed by atoms with van der Waals surface area (Å²) in [6.07, 6.45) is 6.42. The summed E-state index contributed by atoms with van der Waals surface area (Å²) in [5.41, 5.74) is 4.07. The maximum Gasteiger partial charge on any atom is 0.326 e. The van der Waals surface area contributed by atoms with Gasteiger partial charge in [0.25, 0.3) is 11.5 Å². The largest absolute Gasteiger partial charge is 0.480 e. The summed E-state index contributed by atoms with van der Waals surface area (Å²) in [7, 11) is 0. The molecule has 3 N–H and O–H groups in total. The highest BCUT2D eigenvalue weighted by atomic mass is 16.5. The average molecular weight is 559 g/mol. The van der Waals surface area contributed by atoms with Gasteiger partial charge in [0, 0.05) is 42.7 Å². The Labute approximate surface area is 240 Å². The first-order chi connectivity index (χ1) is 19.8. The fourth-order valence-electron chi connectivity index (χ4n) is 5.87. The third-order valence-electron chi connectivity index (χ3n) is 8.21. The van der Waals surface area contributed by atoms with Crippen molar-refractivity contribution in [2.45, 2.75) is 70.9 Å². The van der Waals surface area contributed by atoms with Crippen LogP contribution in [0.1, 0.15) is 65.0 Å². The molecule has 9 nitrogen and oxygen atoms in total. The van der Waals surface area contributed by atoms with E-state index in [1.165, 1.54) is 16.2 Å². The van der Waals surface area contributed by atoms with Crippen LogP contribution in [-0.2, 0) is 22.4 Å². The number of aryl methyl sites for hydroxylation is 3. The van der Waals surface area contributed by atoms with Gasteiger partial charge in [-0.2, -0.15) is 0 Å². The normalized spacial score (nSPS) is 18.5. The lowest BCUT2D eigenvalue weighted by Gasteiger charge is -2.35. The molecular formula is C32H38N4O5. The van der Waals surface area contributed by atoms with Gasteiger partial charge in [-0.1, -0.05) is 24.3 Å². The molecule has 2 aromatic heterocycles. The van der Waals surface area contributed by atoms with E-state index in [0.717, 1.165) is 56.6 Å². The van der Waals surface area contributed by atoms with E-state index in [0.29, 0.717) is 28.4 Å². The summed E-state index contributed by atoms with van der Waals surface area (Å²) < 4.78 is 7.42. The van der Waals surface area contributed by atoms with Crippen molar-refractivity contribution >= 4 is 17.7 Å². The Bertz CT molecular complexity index is 1460. The lowest BCUT2D eigenvalue weighted by atomic mass is 9.79. The Morgan fingerprint density at radius 2 is 1.95 bits per heavy atom. The third kappa shape index (κ3) is 6.68. The third-order valence-corrected chi connectivity index (χ3v) is 8.21. The van der Waals surface area contributed by atoms with Crippen LogP contribution in [0.25, 0.3) is 5.69 Å². The number of carboxylic acids is 1. The number of carbonyl (C=O) groups is 2. The van der Waals surface area contributed by atoms with Crippen molar-refractivity contribution in [1.29, 1.82) is 0 Å². The SMILES string of the molecule is Cc1cc(=O)n(-c2ccccc2)c(C)c1C(=O)NC(CCOC1CC(CCc2ccc3c(n2)NCCC3)C1)C(=O)O. The smallest absolute Gasteiger partial charge is 0.326 e. The van der Waals surface area contributed by atoms with Gasteiger partial charge in [-0.25, -0.2) is 9.78 Å². The Balaban J connectivity index is 1.10. The van der Waals surface area contributed by atoms with Crippen LogP contribution in [0.3, 0.4) is 0 Å². The number of nitrogens with zero attached hydrogens (tertiary/aromatic N) is 2. The zero-order valence-electron chi connectivity index (χ0n) is 23.7.